The Bertz CT molecular complexity index is 935. The van der Waals surface area contributed by atoms with Crippen molar-refractivity contribution in [3.63, 3.8) is 0 Å². The molecule has 0 spiro atoms. The van der Waals surface area contributed by atoms with Crippen LogP contribution in [0.4, 0.5) is 10.1 Å². The number of likely N-dealkylation sites (N-methyl/N-ethyl adjacent to an activating group) is 1. The SMILES string of the molecule is CCN(C(=O)Cn1ncc(=O)c2ccccc21)c1ccc(F)cc1. The lowest BCUT2D eigenvalue weighted by molar-refractivity contribution is -0.119. The molecule has 0 N–H and O–H groups in total. The van der Waals surface area contributed by atoms with Gasteiger partial charge in [-0.3, -0.25) is 14.3 Å². The fraction of sp³-hybridized carbons (Fsp3) is 0.167. The largest absolute Gasteiger partial charge is 0.311 e. The summed E-state index contributed by atoms with van der Waals surface area (Å²) in [5, 5.41) is 4.59. The Balaban J connectivity index is 1.93. The second kappa shape index (κ2) is 6.62. The molecular weight excluding hydrogens is 309 g/mol. The molecule has 0 saturated heterocycles. The normalized spacial score (nSPS) is 10.8. The van der Waals surface area contributed by atoms with Gasteiger partial charge in [-0.05, 0) is 43.3 Å². The Labute approximate surface area is 137 Å². The number of carbonyl (C=O) groups excluding carboxylic acids is 1. The molecule has 1 amide bonds. The molecule has 6 heteroatoms. The first-order valence-electron chi connectivity index (χ1n) is 7.61. The summed E-state index contributed by atoms with van der Waals surface area (Å²) in [5.74, 6) is -0.541. The zero-order valence-electron chi connectivity index (χ0n) is 13.1. The van der Waals surface area contributed by atoms with Crippen molar-refractivity contribution >= 4 is 22.5 Å². The second-order valence-corrected chi connectivity index (χ2v) is 5.30. The highest BCUT2D eigenvalue weighted by Gasteiger charge is 2.16. The molecule has 3 aromatic rings. The van der Waals surface area contributed by atoms with Crippen LogP contribution in [0.3, 0.4) is 0 Å². The van der Waals surface area contributed by atoms with Crippen LogP contribution in [0.2, 0.25) is 0 Å². The molecule has 5 nitrogen and oxygen atoms in total. The van der Waals surface area contributed by atoms with Crippen molar-refractivity contribution in [1.82, 2.24) is 9.78 Å². The average Bonchev–Trinajstić information content (AvgIpc) is 2.60. The Kier molecular flexibility index (Phi) is 4.37. The van der Waals surface area contributed by atoms with Gasteiger partial charge in [0.25, 0.3) is 0 Å². The number of hydrogen-bond acceptors (Lipinski definition) is 3. The van der Waals surface area contributed by atoms with Crippen LogP contribution < -0.4 is 10.3 Å². The predicted octanol–water partition coefficient (Wildman–Crippen LogP) is 2.59. The lowest BCUT2D eigenvalue weighted by Gasteiger charge is -2.21. The molecule has 1 heterocycles. The third kappa shape index (κ3) is 3.03. The third-order valence-corrected chi connectivity index (χ3v) is 3.80. The molecule has 0 aliphatic carbocycles. The van der Waals surface area contributed by atoms with Crippen LogP contribution in [0, 0.1) is 5.82 Å². The number of rotatable bonds is 4. The van der Waals surface area contributed by atoms with Gasteiger partial charge in [-0.25, -0.2) is 4.39 Å². The molecule has 0 aliphatic heterocycles. The molecule has 0 atom stereocenters. The molecule has 0 fully saturated rings. The third-order valence-electron chi connectivity index (χ3n) is 3.80. The lowest BCUT2D eigenvalue weighted by Crippen LogP contribution is -2.34. The molecule has 0 saturated carbocycles. The fourth-order valence-corrected chi connectivity index (χ4v) is 2.62. The van der Waals surface area contributed by atoms with Gasteiger partial charge in [-0.15, -0.1) is 0 Å². The van der Waals surface area contributed by atoms with E-state index in [1.165, 1.54) is 23.0 Å². The van der Waals surface area contributed by atoms with E-state index in [0.717, 1.165) is 0 Å². The minimum absolute atomic E-state index is 0.00793. The molecule has 0 bridgehead atoms. The van der Waals surface area contributed by atoms with E-state index in [2.05, 4.69) is 5.10 Å². The zero-order valence-corrected chi connectivity index (χ0v) is 13.1. The van der Waals surface area contributed by atoms with Gasteiger partial charge in [-0.1, -0.05) is 12.1 Å². The summed E-state index contributed by atoms with van der Waals surface area (Å²) in [6.07, 6.45) is 1.21. The van der Waals surface area contributed by atoms with Crippen molar-refractivity contribution in [3.05, 3.63) is 70.8 Å². The van der Waals surface area contributed by atoms with E-state index in [0.29, 0.717) is 23.1 Å². The van der Waals surface area contributed by atoms with Crippen molar-refractivity contribution in [2.24, 2.45) is 0 Å². The monoisotopic (exact) mass is 325 g/mol. The van der Waals surface area contributed by atoms with E-state index in [1.807, 2.05) is 6.92 Å². The van der Waals surface area contributed by atoms with Gasteiger partial charge < -0.3 is 4.90 Å². The predicted molar refractivity (Wildman–Crippen MR) is 90.4 cm³/mol. The van der Waals surface area contributed by atoms with Crippen LogP contribution in [-0.2, 0) is 11.3 Å². The van der Waals surface area contributed by atoms with Gasteiger partial charge in [0.1, 0.15) is 12.4 Å². The lowest BCUT2D eigenvalue weighted by atomic mass is 10.2. The highest BCUT2D eigenvalue weighted by molar-refractivity contribution is 5.93. The summed E-state index contributed by atoms with van der Waals surface area (Å²) in [6, 6.07) is 12.8. The first kappa shape index (κ1) is 15.9. The number of hydrogen-bond donors (Lipinski definition) is 0. The highest BCUT2D eigenvalue weighted by atomic mass is 19.1. The van der Waals surface area contributed by atoms with Crippen LogP contribution in [0.5, 0.6) is 0 Å². The summed E-state index contributed by atoms with van der Waals surface area (Å²) in [5.41, 5.74) is 1.04. The van der Waals surface area contributed by atoms with E-state index in [4.69, 9.17) is 0 Å². The van der Waals surface area contributed by atoms with Crippen molar-refractivity contribution in [2.75, 3.05) is 11.4 Å². The van der Waals surface area contributed by atoms with Gasteiger partial charge in [0.2, 0.25) is 11.3 Å². The van der Waals surface area contributed by atoms with Crippen LogP contribution >= 0.6 is 0 Å². The number of anilines is 1. The van der Waals surface area contributed by atoms with Crippen molar-refractivity contribution in [1.29, 1.82) is 0 Å². The smallest absolute Gasteiger partial charge is 0.248 e. The standard InChI is InChI=1S/C18H16FN3O2/c1-2-21(14-9-7-13(19)8-10-14)18(24)12-22-16-6-4-3-5-15(16)17(23)11-20-22/h3-11H,2,12H2,1H3. The zero-order chi connectivity index (χ0) is 17.1. The van der Waals surface area contributed by atoms with E-state index in [1.54, 1.807) is 41.3 Å². The molecule has 0 aliphatic rings. The molecule has 0 unspecified atom stereocenters. The maximum absolute atomic E-state index is 13.1. The van der Waals surface area contributed by atoms with E-state index in [-0.39, 0.29) is 23.7 Å². The van der Waals surface area contributed by atoms with Crippen molar-refractivity contribution in [3.8, 4) is 0 Å². The number of carbonyl (C=O) groups is 1. The fourth-order valence-electron chi connectivity index (χ4n) is 2.62. The van der Waals surface area contributed by atoms with Crippen LogP contribution in [0.15, 0.2) is 59.5 Å². The van der Waals surface area contributed by atoms with Gasteiger partial charge >= 0.3 is 0 Å². The number of halogens is 1. The summed E-state index contributed by atoms with van der Waals surface area (Å²) in [4.78, 5) is 26.1. The van der Waals surface area contributed by atoms with Crippen molar-refractivity contribution < 1.29 is 9.18 Å². The van der Waals surface area contributed by atoms with Crippen LogP contribution in [-0.4, -0.2) is 22.2 Å². The summed E-state index contributed by atoms with van der Waals surface area (Å²) in [6.45, 7) is 2.28. The van der Waals surface area contributed by atoms with Gasteiger partial charge in [0.15, 0.2) is 0 Å². The van der Waals surface area contributed by atoms with E-state index >= 15 is 0 Å². The summed E-state index contributed by atoms with van der Waals surface area (Å²) < 4.78 is 14.6. The van der Waals surface area contributed by atoms with Crippen LogP contribution in [0.1, 0.15) is 6.92 Å². The Morgan fingerprint density at radius 1 is 1.17 bits per heavy atom. The van der Waals surface area contributed by atoms with E-state index in [9.17, 15) is 14.0 Å². The number of para-hydroxylation sites is 1. The molecule has 3 rings (SSSR count). The highest BCUT2D eigenvalue weighted by Crippen LogP contribution is 2.16. The molecule has 0 radical (unpaired) electrons. The van der Waals surface area contributed by atoms with E-state index < -0.39 is 0 Å². The number of fused-ring (bicyclic) bond motifs is 1. The first-order valence-corrected chi connectivity index (χ1v) is 7.61. The Morgan fingerprint density at radius 2 is 1.88 bits per heavy atom. The topological polar surface area (TPSA) is 55.2 Å². The van der Waals surface area contributed by atoms with Gasteiger partial charge in [-0.2, -0.15) is 5.10 Å². The second-order valence-electron chi connectivity index (χ2n) is 5.30. The summed E-state index contributed by atoms with van der Waals surface area (Å²) in [7, 11) is 0. The number of aromatic nitrogens is 2. The quantitative estimate of drug-likeness (QED) is 0.741. The van der Waals surface area contributed by atoms with Gasteiger partial charge in [0, 0.05) is 17.6 Å². The molecular formula is C18H16FN3O2. The number of nitrogens with zero attached hydrogens (tertiary/aromatic N) is 3. The number of amides is 1. The Hall–Kier alpha value is -3.02. The average molecular weight is 325 g/mol. The molecule has 1 aromatic heterocycles. The van der Waals surface area contributed by atoms with Crippen molar-refractivity contribution in [2.45, 2.75) is 13.5 Å². The molecule has 122 valence electrons. The minimum atomic E-state index is -0.352. The molecule has 24 heavy (non-hydrogen) atoms. The molecule has 2 aromatic carbocycles. The summed E-state index contributed by atoms with van der Waals surface area (Å²) >= 11 is 0. The number of benzene rings is 2. The maximum Gasteiger partial charge on any atom is 0.248 e. The first-order chi connectivity index (χ1) is 11.6. The maximum atomic E-state index is 13.1. The van der Waals surface area contributed by atoms with Crippen LogP contribution in [0.25, 0.3) is 10.9 Å². The van der Waals surface area contributed by atoms with Gasteiger partial charge in [0.05, 0.1) is 11.7 Å². The Morgan fingerprint density at radius 3 is 2.58 bits per heavy atom. The minimum Gasteiger partial charge on any atom is -0.311 e.